The van der Waals surface area contributed by atoms with Gasteiger partial charge in [0, 0.05) is 33.0 Å². The fourth-order valence-corrected chi connectivity index (χ4v) is 5.81. The molecule has 2 heterocycles. The lowest BCUT2D eigenvalue weighted by Crippen LogP contribution is -2.44. The van der Waals surface area contributed by atoms with Gasteiger partial charge >= 0.3 is 0 Å². The Morgan fingerprint density at radius 3 is 1.42 bits per heavy atom. The average molecular weight is 610 g/mol. The maximum Gasteiger partial charge on any atom is 0.266 e. The summed E-state index contributed by atoms with van der Waals surface area (Å²) in [6.07, 6.45) is 1.48. The summed E-state index contributed by atoms with van der Waals surface area (Å²) in [5.74, 6) is -16.3. The summed E-state index contributed by atoms with van der Waals surface area (Å²) < 4.78 is 71.2. The van der Waals surface area contributed by atoms with Gasteiger partial charge in [-0.15, -0.1) is 0 Å². The molecule has 0 bridgehead atoms. The SMILES string of the molecule is C=Cc1ccc(-c2ccccc2)cc1N1C(=O)c2ccc3c4c(ccc(c24)C1=O)C(=O)N(c1c(F)c(F)c(F)c(F)c1F)C3=O. The van der Waals surface area contributed by atoms with Gasteiger partial charge in [-0.25, -0.2) is 31.8 Å². The first-order chi connectivity index (χ1) is 21.6. The minimum atomic E-state index is -2.46. The molecule has 7 rings (SSSR count). The van der Waals surface area contributed by atoms with Crippen molar-refractivity contribution in [2.75, 3.05) is 9.80 Å². The number of anilines is 2. The van der Waals surface area contributed by atoms with E-state index >= 15 is 0 Å². The predicted molar refractivity (Wildman–Crippen MR) is 154 cm³/mol. The van der Waals surface area contributed by atoms with E-state index in [4.69, 9.17) is 0 Å². The molecule has 45 heavy (non-hydrogen) atoms. The number of benzene rings is 5. The van der Waals surface area contributed by atoms with E-state index in [2.05, 4.69) is 6.58 Å². The molecule has 0 atom stereocenters. The third-order valence-electron chi connectivity index (χ3n) is 7.90. The monoisotopic (exact) mass is 610 g/mol. The molecule has 0 spiro atoms. The maximum absolute atomic E-state index is 14.7. The van der Waals surface area contributed by atoms with Crippen molar-refractivity contribution < 1.29 is 41.1 Å². The molecule has 0 aliphatic carbocycles. The Labute approximate surface area is 250 Å². The molecule has 0 radical (unpaired) electrons. The Bertz CT molecular complexity index is 2130. The molecule has 0 unspecified atom stereocenters. The largest absolute Gasteiger partial charge is 0.268 e. The van der Waals surface area contributed by atoms with Gasteiger partial charge in [0.05, 0.1) is 5.69 Å². The summed E-state index contributed by atoms with van der Waals surface area (Å²) in [6.45, 7) is 3.79. The van der Waals surface area contributed by atoms with Gasteiger partial charge in [0.1, 0.15) is 5.69 Å². The lowest BCUT2D eigenvalue weighted by Gasteiger charge is -2.32. The van der Waals surface area contributed by atoms with Gasteiger partial charge in [-0.3, -0.25) is 19.2 Å². The molecule has 4 amide bonds. The smallest absolute Gasteiger partial charge is 0.266 e. The van der Waals surface area contributed by atoms with Gasteiger partial charge < -0.3 is 0 Å². The minimum Gasteiger partial charge on any atom is -0.268 e. The zero-order valence-corrected chi connectivity index (χ0v) is 22.6. The zero-order valence-electron chi connectivity index (χ0n) is 22.6. The van der Waals surface area contributed by atoms with Gasteiger partial charge in [-0.1, -0.05) is 55.1 Å². The molecule has 0 aromatic heterocycles. The molecule has 2 aliphatic heterocycles. The van der Waals surface area contributed by atoms with Crippen LogP contribution in [0.4, 0.5) is 33.3 Å². The van der Waals surface area contributed by atoms with Crippen LogP contribution in [-0.2, 0) is 0 Å². The second-order valence-electron chi connectivity index (χ2n) is 10.2. The summed E-state index contributed by atoms with van der Waals surface area (Å²) in [5.41, 5.74) is -0.417. The molecule has 0 saturated carbocycles. The van der Waals surface area contributed by atoms with Crippen LogP contribution in [0.1, 0.15) is 47.0 Å². The summed E-state index contributed by atoms with van der Waals surface area (Å²) in [7, 11) is 0. The van der Waals surface area contributed by atoms with Crippen molar-refractivity contribution in [3.8, 4) is 11.1 Å². The van der Waals surface area contributed by atoms with Crippen LogP contribution in [0.15, 0.2) is 79.4 Å². The van der Waals surface area contributed by atoms with Crippen molar-refractivity contribution in [2.45, 2.75) is 0 Å². The fourth-order valence-electron chi connectivity index (χ4n) is 5.81. The van der Waals surface area contributed by atoms with E-state index in [0.717, 1.165) is 22.6 Å². The van der Waals surface area contributed by atoms with Crippen molar-refractivity contribution in [1.29, 1.82) is 0 Å². The highest BCUT2D eigenvalue weighted by Gasteiger charge is 2.43. The molecule has 11 heteroatoms. The van der Waals surface area contributed by atoms with Gasteiger partial charge in [0.2, 0.25) is 5.82 Å². The third kappa shape index (κ3) is 3.73. The minimum absolute atomic E-state index is 0.0596. The van der Waals surface area contributed by atoms with E-state index in [0.29, 0.717) is 11.1 Å². The number of halogens is 5. The van der Waals surface area contributed by atoms with Gasteiger partial charge in [-0.2, -0.15) is 0 Å². The van der Waals surface area contributed by atoms with E-state index in [1.54, 1.807) is 12.1 Å². The number of amides is 4. The Morgan fingerprint density at radius 1 is 0.511 bits per heavy atom. The molecular weight excluding hydrogens is 595 g/mol. The Hall–Kier alpha value is -5.97. The van der Waals surface area contributed by atoms with Crippen LogP contribution in [0, 0.1) is 29.1 Å². The first kappa shape index (κ1) is 27.8. The molecule has 2 aliphatic rings. The van der Waals surface area contributed by atoms with Crippen molar-refractivity contribution in [1.82, 2.24) is 0 Å². The van der Waals surface area contributed by atoms with E-state index in [1.165, 1.54) is 18.2 Å². The second-order valence-corrected chi connectivity index (χ2v) is 10.2. The number of carbonyl (C=O) groups excluding carboxylic acids is 4. The topological polar surface area (TPSA) is 74.8 Å². The quantitative estimate of drug-likeness (QED) is 0.0918. The van der Waals surface area contributed by atoms with E-state index < -0.39 is 58.4 Å². The highest BCUT2D eigenvalue weighted by Crippen LogP contribution is 2.42. The molecule has 0 fully saturated rings. The van der Waals surface area contributed by atoms with Crippen molar-refractivity contribution in [3.63, 3.8) is 0 Å². The van der Waals surface area contributed by atoms with Gasteiger partial charge in [-0.05, 0) is 47.0 Å². The molecule has 6 nitrogen and oxygen atoms in total. The predicted octanol–water partition coefficient (Wildman–Crippen LogP) is 7.45. The third-order valence-corrected chi connectivity index (χ3v) is 7.90. The molecule has 5 aromatic rings. The number of rotatable bonds is 4. The standard InChI is InChI=1S/C34H15F5N2O4/c1-2-15-8-9-17(16-6-4-3-5-7-16)14-22(15)40-31(42)18-10-12-20-24-21(13-11-19(23(18)24)32(40)43)34(45)41(33(20)44)30-28(38)26(36)25(35)27(37)29(30)39/h2-14H,1H2. The van der Waals surface area contributed by atoms with E-state index in [9.17, 15) is 41.1 Å². The van der Waals surface area contributed by atoms with Crippen molar-refractivity contribution in [3.05, 3.63) is 136 Å². The number of imide groups is 2. The van der Waals surface area contributed by atoms with Crippen LogP contribution >= 0.6 is 0 Å². The average Bonchev–Trinajstić information content (AvgIpc) is 3.06. The molecule has 0 N–H and O–H groups in total. The second kappa shape index (κ2) is 9.78. The maximum atomic E-state index is 14.7. The molecule has 0 saturated heterocycles. The van der Waals surface area contributed by atoms with Gasteiger partial charge in [0.15, 0.2) is 23.3 Å². The van der Waals surface area contributed by atoms with E-state index in [1.807, 2.05) is 36.4 Å². The van der Waals surface area contributed by atoms with Crippen LogP contribution in [-0.4, -0.2) is 23.6 Å². The van der Waals surface area contributed by atoms with E-state index in [-0.39, 0.29) is 43.6 Å². The highest BCUT2D eigenvalue weighted by atomic mass is 19.2. The van der Waals surface area contributed by atoms with Crippen LogP contribution < -0.4 is 9.80 Å². The first-order valence-electron chi connectivity index (χ1n) is 13.3. The Kier molecular flexibility index (Phi) is 6.05. The lowest BCUT2D eigenvalue weighted by molar-refractivity contribution is 0.0871. The zero-order chi connectivity index (χ0) is 31.9. The molecular formula is C34H15F5N2O4. The molecule has 5 aromatic carbocycles. The van der Waals surface area contributed by atoms with Crippen molar-refractivity contribution >= 4 is 51.9 Å². The first-order valence-corrected chi connectivity index (χ1v) is 13.3. The summed E-state index contributed by atoms with van der Waals surface area (Å²) in [6, 6.07) is 19.0. The normalized spacial score (nSPS) is 14.1. The highest BCUT2D eigenvalue weighted by molar-refractivity contribution is 6.42. The van der Waals surface area contributed by atoms with Crippen LogP contribution in [0.25, 0.3) is 28.0 Å². The summed E-state index contributed by atoms with van der Waals surface area (Å²) in [5, 5.41) is -0.224. The Balaban J connectivity index is 1.40. The molecule has 220 valence electrons. The number of hydrogen-bond donors (Lipinski definition) is 0. The lowest BCUT2D eigenvalue weighted by atomic mass is 9.85. The number of nitrogens with zero attached hydrogens (tertiary/aromatic N) is 2. The van der Waals surface area contributed by atoms with Gasteiger partial charge in [0.25, 0.3) is 23.6 Å². The van der Waals surface area contributed by atoms with Crippen LogP contribution in [0.3, 0.4) is 0 Å². The van der Waals surface area contributed by atoms with Crippen LogP contribution in [0.2, 0.25) is 0 Å². The summed E-state index contributed by atoms with van der Waals surface area (Å²) >= 11 is 0. The van der Waals surface area contributed by atoms with Crippen molar-refractivity contribution in [2.24, 2.45) is 0 Å². The number of hydrogen-bond acceptors (Lipinski definition) is 4. The number of carbonyl (C=O) groups is 4. The fraction of sp³-hybridized carbons (Fsp3) is 0. The summed E-state index contributed by atoms with van der Waals surface area (Å²) in [4.78, 5) is 55.8. The Morgan fingerprint density at radius 2 is 0.956 bits per heavy atom. The van der Waals surface area contributed by atoms with Crippen LogP contribution in [0.5, 0.6) is 0 Å².